The van der Waals surface area contributed by atoms with Crippen molar-refractivity contribution in [3.8, 4) is 17.0 Å². The summed E-state index contributed by atoms with van der Waals surface area (Å²) >= 11 is 0. The van der Waals surface area contributed by atoms with E-state index in [4.69, 9.17) is 14.5 Å². The Morgan fingerprint density at radius 3 is 2.56 bits per heavy atom. The zero-order chi connectivity index (χ0) is 18.0. The summed E-state index contributed by atoms with van der Waals surface area (Å²) in [4.78, 5) is 17.4. The number of nitrogens with zero attached hydrogens (tertiary/aromatic N) is 2. The van der Waals surface area contributed by atoms with Gasteiger partial charge in [0.25, 0.3) is 0 Å². The number of hydrogen-bond acceptors (Lipinski definition) is 5. The number of hydrogen-bond donors (Lipinski definition) is 1. The number of esters is 1. The minimum atomic E-state index is -0.352. The number of aromatic amines is 1. The minimum Gasteiger partial charge on any atom is -0.497 e. The van der Waals surface area contributed by atoms with Crippen molar-refractivity contribution in [1.29, 1.82) is 0 Å². The molecule has 3 rings (SSSR count). The predicted molar refractivity (Wildman–Crippen MR) is 95.9 cm³/mol. The standard InChI is InChI=1S/C19H21N3O3/c1-5-25-19(23)16-14-10-20-22-18(14)21-17(15(16)11(2)3)12-6-8-13(24-4)9-7-12/h6-11H,5H2,1-4H3,(H,20,21,22). The van der Waals surface area contributed by atoms with Gasteiger partial charge in [0.15, 0.2) is 5.65 Å². The average Bonchev–Trinajstić information content (AvgIpc) is 3.08. The molecule has 2 heterocycles. The highest BCUT2D eigenvalue weighted by Crippen LogP contribution is 2.35. The van der Waals surface area contributed by atoms with Crippen molar-refractivity contribution in [2.75, 3.05) is 13.7 Å². The summed E-state index contributed by atoms with van der Waals surface area (Å²) in [5.41, 5.74) is 3.61. The number of ether oxygens (including phenoxy) is 2. The quantitative estimate of drug-likeness (QED) is 0.713. The third-order valence-electron chi connectivity index (χ3n) is 4.06. The van der Waals surface area contributed by atoms with E-state index in [2.05, 4.69) is 10.2 Å². The van der Waals surface area contributed by atoms with Gasteiger partial charge in [0.1, 0.15) is 5.75 Å². The van der Waals surface area contributed by atoms with E-state index in [1.807, 2.05) is 38.1 Å². The number of carbonyl (C=O) groups is 1. The lowest BCUT2D eigenvalue weighted by atomic mass is 9.91. The normalized spacial score (nSPS) is 11.1. The maximum atomic E-state index is 12.7. The van der Waals surface area contributed by atoms with E-state index < -0.39 is 0 Å². The van der Waals surface area contributed by atoms with Crippen molar-refractivity contribution < 1.29 is 14.3 Å². The van der Waals surface area contributed by atoms with E-state index >= 15 is 0 Å². The average molecular weight is 339 g/mol. The molecule has 0 amide bonds. The van der Waals surface area contributed by atoms with E-state index in [0.717, 1.165) is 22.6 Å². The van der Waals surface area contributed by atoms with E-state index in [0.29, 0.717) is 23.2 Å². The van der Waals surface area contributed by atoms with Crippen molar-refractivity contribution in [2.24, 2.45) is 0 Å². The van der Waals surface area contributed by atoms with Crippen molar-refractivity contribution in [2.45, 2.75) is 26.7 Å². The van der Waals surface area contributed by atoms with Crippen LogP contribution < -0.4 is 4.74 Å². The third kappa shape index (κ3) is 3.07. The maximum Gasteiger partial charge on any atom is 0.339 e. The molecule has 0 saturated heterocycles. The van der Waals surface area contributed by atoms with Gasteiger partial charge in [-0.2, -0.15) is 5.10 Å². The van der Waals surface area contributed by atoms with Crippen LogP contribution in [0.15, 0.2) is 30.5 Å². The molecule has 0 unspecified atom stereocenters. The molecule has 130 valence electrons. The Morgan fingerprint density at radius 1 is 1.24 bits per heavy atom. The zero-order valence-electron chi connectivity index (χ0n) is 14.8. The summed E-state index contributed by atoms with van der Waals surface area (Å²) in [5, 5.41) is 7.59. The van der Waals surface area contributed by atoms with Gasteiger partial charge in [-0.05, 0) is 42.7 Å². The number of H-pyrrole nitrogens is 1. The number of rotatable bonds is 5. The van der Waals surface area contributed by atoms with Crippen LogP contribution >= 0.6 is 0 Å². The Hall–Kier alpha value is -2.89. The smallest absolute Gasteiger partial charge is 0.339 e. The molecule has 3 aromatic rings. The van der Waals surface area contributed by atoms with Crippen LogP contribution in [-0.2, 0) is 4.74 Å². The van der Waals surface area contributed by atoms with Crippen LogP contribution in [0.4, 0.5) is 0 Å². The molecular weight excluding hydrogens is 318 g/mol. The molecule has 1 N–H and O–H groups in total. The van der Waals surface area contributed by atoms with Gasteiger partial charge in [0.05, 0.1) is 36.6 Å². The van der Waals surface area contributed by atoms with E-state index in [1.54, 1.807) is 20.2 Å². The molecule has 25 heavy (non-hydrogen) atoms. The Morgan fingerprint density at radius 2 is 1.96 bits per heavy atom. The number of fused-ring (bicyclic) bond motifs is 1. The highest BCUT2D eigenvalue weighted by molar-refractivity contribution is 6.05. The molecule has 0 bridgehead atoms. The Labute approximate surface area is 146 Å². The molecule has 1 aromatic carbocycles. The van der Waals surface area contributed by atoms with Crippen LogP contribution in [0.1, 0.15) is 42.6 Å². The topological polar surface area (TPSA) is 77.1 Å². The second-order valence-corrected chi connectivity index (χ2v) is 5.99. The molecule has 0 atom stereocenters. The van der Waals surface area contributed by atoms with Gasteiger partial charge in [0, 0.05) is 5.56 Å². The fraction of sp³-hybridized carbons (Fsp3) is 0.316. The SMILES string of the molecule is CCOC(=O)c1c(C(C)C)c(-c2ccc(OC)cc2)nc2[nH]ncc12. The van der Waals surface area contributed by atoms with Crippen molar-refractivity contribution >= 4 is 17.0 Å². The third-order valence-corrected chi connectivity index (χ3v) is 4.06. The molecule has 6 nitrogen and oxygen atoms in total. The Bertz CT molecular complexity index is 898. The van der Waals surface area contributed by atoms with E-state index in [9.17, 15) is 4.79 Å². The van der Waals surface area contributed by atoms with Gasteiger partial charge < -0.3 is 9.47 Å². The number of methoxy groups -OCH3 is 1. The first-order valence-corrected chi connectivity index (χ1v) is 8.25. The zero-order valence-corrected chi connectivity index (χ0v) is 14.8. The lowest BCUT2D eigenvalue weighted by Gasteiger charge is -2.17. The molecule has 0 fully saturated rings. The van der Waals surface area contributed by atoms with Crippen LogP contribution in [0.2, 0.25) is 0 Å². The first-order chi connectivity index (χ1) is 12.1. The first kappa shape index (κ1) is 17.0. The molecule has 0 aliphatic heterocycles. The number of aromatic nitrogens is 3. The fourth-order valence-electron chi connectivity index (χ4n) is 2.94. The number of benzene rings is 1. The molecule has 0 spiro atoms. The molecule has 0 aliphatic carbocycles. The molecule has 0 aliphatic rings. The second kappa shape index (κ2) is 6.93. The molecule has 2 aromatic heterocycles. The number of pyridine rings is 1. The van der Waals surface area contributed by atoms with E-state index in [1.165, 1.54) is 0 Å². The Balaban J connectivity index is 2.30. The van der Waals surface area contributed by atoms with Crippen molar-refractivity contribution in [3.63, 3.8) is 0 Å². The highest BCUT2D eigenvalue weighted by atomic mass is 16.5. The minimum absolute atomic E-state index is 0.0864. The van der Waals surface area contributed by atoms with Crippen LogP contribution in [0.25, 0.3) is 22.3 Å². The largest absolute Gasteiger partial charge is 0.497 e. The van der Waals surface area contributed by atoms with Crippen LogP contribution in [-0.4, -0.2) is 34.9 Å². The second-order valence-electron chi connectivity index (χ2n) is 5.99. The number of carbonyl (C=O) groups excluding carboxylic acids is 1. The summed E-state index contributed by atoms with van der Waals surface area (Å²) in [7, 11) is 1.63. The summed E-state index contributed by atoms with van der Waals surface area (Å²) in [6, 6.07) is 7.62. The van der Waals surface area contributed by atoms with Gasteiger partial charge >= 0.3 is 5.97 Å². The maximum absolute atomic E-state index is 12.7. The molecule has 0 saturated carbocycles. The highest BCUT2D eigenvalue weighted by Gasteiger charge is 2.25. The van der Waals surface area contributed by atoms with Gasteiger partial charge in [-0.1, -0.05) is 13.8 Å². The lowest BCUT2D eigenvalue weighted by Crippen LogP contribution is -2.12. The Kier molecular flexibility index (Phi) is 4.70. The lowest BCUT2D eigenvalue weighted by molar-refractivity contribution is 0.0527. The fourth-order valence-corrected chi connectivity index (χ4v) is 2.94. The van der Waals surface area contributed by atoms with Crippen molar-refractivity contribution in [3.05, 3.63) is 41.6 Å². The van der Waals surface area contributed by atoms with E-state index in [-0.39, 0.29) is 11.9 Å². The van der Waals surface area contributed by atoms with Gasteiger partial charge in [0.2, 0.25) is 0 Å². The summed E-state index contributed by atoms with van der Waals surface area (Å²) < 4.78 is 10.5. The van der Waals surface area contributed by atoms with Crippen molar-refractivity contribution in [1.82, 2.24) is 15.2 Å². The summed E-state index contributed by atoms with van der Waals surface area (Å²) in [6.45, 7) is 6.19. The molecule has 0 radical (unpaired) electrons. The molecular formula is C19H21N3O3. The monoisotopic (exact) mass is 339 g/mol. The first-order valence-electron chi connectivity index (χ1n) is 8.25. The van der Waals surface area contributed by atoms with Crippen LogP contribution in [0.5, 0.6) is 5.75 Å². The summed E-state index contributed by atoms with van der Waals surface area (Å²) in [5.74, 6) is 0.501. The van der Waals surface area contributed by atoms with Gasteiger partial charge in [-0.3, -0.25) is 5.10 Å². The van der Waals surface area contributed by atoms with Gasteiger partial charge in [-0.25, -0.2) is 9.78 Å². The van der Waals surface area contributed by atoms with Gasteiger partial charge in [-0.15, -0.1) is 0 Å². The van der Waals surface area contributed by atoms with Crippen LogP contribution in [0, 0.1) is 0 Å². The molecule has 6 heteroatoms. The predicted octanol–water partition coefficient (Wildman–Crippen LogP) is 3.93. The van der Waals surface area contributed by atoms with Crippen LogP contribution in [0.3, 0.4) is 0 Å². The number of nitrogens with one attached hydrogen (secondary N) is 1. The summed E-state index contributed by atoms with van der Waals surface area (Å²) in [6.07, 6.45) is 1.62.